The topological polar surface area (TPSA) is 20.2 Å². The molecule has 0 bridgehead atoms. The van der Waals surface area contributed by atoms with Crippen LogP contribution >= 0.6 is 0 Å². The third kappa shape index (κ3) is 3.35. The molecule has 0 fully saturated rings. The molecule has 3 aromatic carbocycles. The highest BCUT2D eigenvalue weighted by atomic mass is 16.3. The molecule has 3 rings (SSSR count). The molecular weight excluding hydrogens is 280 g/mol. The van der Waals surface area contributed by atoms with Crippen LogP contribution in [0.3, 0.4) is 0 Å². The molecule has 0 saturated heterocycles. The van der Waals surface area contributed by atoms with Gasteiger partial charge in [0.25, 0.3) is 0 Å². The third-order valence-electron chi connectivity index (χ3n) is 4.25. The summed E-state index contributed by atoms with van der Waals surface area (Å²) in [6.45, 7) is 6.00. The zero-order valence-corrected chi connectivity index (χ0v) is 13.9. The average molecular weight is 302 g/mol. The van der Waals surface area contributed by atoms with E-state index in [1.165, 1.54) is 27.8 Å². The Labute approximate surface area is 138 Å². The lowest BCUT2D eigenvalue weighted by molar-refractivity contribution is 0.199. The van der Waals surface area contributed by atoms with E-state index < -0.39 is 6.10 Å². The molecule has 0 heterocycles. The number of rotatable bonds is 3. The van der Waals surface area contributed by atoms with Gasteiger partial charge in [-0.1, -0.05) is 71.8 Å². The zero-order valence-electron chi connectivity index (χ0n) is 13.9. The number of hydrogen-bond acceptors (Lipinski definition) is 1. The van der Waals surface area contributed by atoms with Crippen molar-refractivity contribution in [3.05, 3.63) is 83.4 Å². The van der Waals surface area contributed by atoms with Crippen molar-refractivity contribution in [3.63, 3.8) is 0 Å². The first kappa shape index (κ1) is 15.5. The average Bonchev–Trinajstić information content (AvgIpc) is 2.56. The van der Waals surface area contributed by atoms with Gasteiger partial charge in [0, 0.05) is 0 Å². The van der Waals surface area contributed by atoms with Crippen LogP contribution in [0.15, 0.2) is 66.7 Å². The number of benzene rings is 3. The lowest BCUT2D eigenvalue weighted by atomic mass is 9.91. The Kier molecular flexibility index (Phi) is 4.31. The predicted octanol–water partition coefficient (Wildman–Crippen LogP) is 5.69. The maximum atomic E-state index is 9.94. The van der Waals surface area contributed by atoms with E-state index in [9.17, 15) is 5.11 Å². The molecule has 0 aliphatic heterocycles. The minimum absolute atomic E-state index is 0.466. The molecule has 0 aliphatic rings. The Morgan fingerprint density at radius 1 is 0.652 bits per heavy atom. The smallest absolute Gasteiger partial charge is 0.0762 e. The molecule has 116 valence electrons. The van der Waals surface area contributed by atoms with Gasteiger partial charge in [0.2, 0.25) is 0 Å². The van der Waals surface area contributed by atoms with Crippen LogP contribution in [0.2, 0.25) is 0 Å². The number of aliphatic hydroxyl groups excluding tert-OH is 1. The van der Waals surface area contributed by atoms with Crippen LogP contribution < -0.4 is 0 Å². The fourth-order valence-corrected chi connectivity index (χ4v) is 2.78. The second-order valence-electron chi connectivity index (χ2n) is 6.21. The summed E-state index contributed by atoms with van der Waals surface area (Å²) in [7, 11) is 0. The molecule has 1 heteroatoms. The van der Waals surface area contributed by atoms with Crippen molar-refractivity contribution in [1.29, 1.82) is 0 Å². The van der Waals surface area contributed by atoms with E-state index in [4.69, 9.17) is 0 Å². The van der Waals surface area contributed by atoms with Gasteiger partial charge in [-0.2, -0.15) is 0 Å². The summed E-state index contributed by atoms with van der Waals surface area (Å²) < 4.78 is 0. The summed E-state index contributed by atoms with van der Waals surface area (Å²) in [5.74, 6) is 0. The minimum atomic E-state index is -0.466. The Morgan fingerprint density at radius 2 is 1.13 bits per heavy atom. The number of aryl methyl sites for hydroxylation is 2. The summed E-state index contributed by atoms with van der Waals surface area (Å²) in [5.41, 5.74) is 8.17. The van der Waals surface area contributed by atoms with Gasteiger partial charge >= 0.3 is 0 Å². The Morgan fingerprint density at radius 3 is 1.61 bits per heavy atom. The first-order valence-electron chi connectivity index (χ1n) is 8.00. The van der Waals surface area contributed by atoms with Crippen molar-refractivity contribution in [2.75, 3.05) is 0 Å². The van der Waals surface area contributed by atoms with Crippen LogP contribution in [-0.4, -0.2) is 5.11 Å². The van der Waals surface area contributed by atoms with Crippen molar-refractivity contribution in [3.8, 4) is 22.3 Å². The van der Waals surface area contributed by atoms with E-state index in [-0.39, 0.29) is 0 Å². The van der Waals surface area contributed by atoms with E-state index >= 15 is 0 Å². The van der Waals surface area contributed by atoms with Crippen LogP contribution in [0.4, 0.5) is 0 Å². The molecule has 0 unspecified atom stereocenters. The molecule has 0 saturated carbocycles. The van der Waals surface area contributed by atoms with E-state index in [0.29, 0.717) is 0 Å². The van der Waals surface area contributed by atoms with E-state index in [1.54, 1.807) is 6.92 Å². The maximum absolute atomic E-state index is 9.94. The van der Waals surface area contributed by atoms with E-state index in [1.807, 2.05) is 6.07 Å². The van der Waals surface area contributed by atoms with Gasteiger partial charge in [-0.05, 0) is 54.7 Å². The lowest BCUT2D eigenvalue weighted by Crippen LogP contribution is -1.94. The first-order chi connectivity index (χ1) is 11.0. The lowest BCUT2D eigenvalue weighted by Gasteiger charge is -2.14. The molecule has 1 atom stereocenters. The van der Waals surface area contributed by atoms with Crippen LogP contribution in [0, 0.1) is 13.8 Å². The summed E-state index contributed by atoms with van der Waals surface area (Å²) in [4.78, 5) is 0. The Hall–Kier alpha value is -2.38. The Bertz CT molecular complexity index is 796. The number of aliphatic hydroxyl groups is 1. The maximum Gasteiger partial charge on any atom is 0.0762 e. The Balaban J connectivity index is 2.18. The summed E-state index contributed by atoms with van der Waals surface area (Å²) in [5, 5.41) is 9.94. The highest BCUT2D eigenvalue weighted by Crippen LogP contribution is 2.34. The van der Waals surface area contributed by atoms with Crippen molar-refractivity contribution in [2.45, 2.75) is 26.9 Å². The van der Waals surface area contributed by atoms with Crippen LogP contribution in [0.1, 0.15) is 29.7 Å². The molecule has 23 heavy (non-hydrogen) atoms. The van der Waals surface area contributed by atoms with Crippen LogP contribution in [0.25, 0.3) is 22.3 Å². The van der Waals surface area contributed by atoms with E-state index in [0.717, 1.165) is 11.1 Å². The molecule has 0 aliphatic carbocycles. The fourth-order valence-electron chi connectivity index (χ4n) is 2.78. The van der Waals surface area contributed by atoms with Crippen molar-refractivity contribution < 1.29 is 5.11 Å². The SMILES string of the molecule is Cc1ccc(-c2ccc([C@H](C)O)cc2-c2ccc(C)cc2)cc1. The number of hydrogen-bond donors (Lipinski definition) is 1. The third-order valence-corrected chi connectivity index (χ3v) is 4.25. The predicted molar refractivity (Wildman–Crippen MR) is 97.4 cm³/mol. The summed E-state index contributed by atoms with van der Waals surface area (Å²) in [6.07, 6.45) is -0.466. The second kappa shape index (κ2) is 6.39. The second-order valence-corrected chi connectivity index (χ2v) is 6.21. The molecular formula is C22H22O. The van der Waals surface area contributed by atoms with Gasteiger partial charge in [0.05, 0.1) is 6.10 Å². The highest BCUT2D eigenvalue weighted by molar-refractivity contribution is 5.84. The summed E-state index contributed by atoms with van der Waals surface area (Å²) >= 11 is 0. The van der Waals surface area contributed by atoms with E-state index in [2.05, 4.69) is 74.5 Å². The highest BCUT2D eigenvalue weighted by Gasteiger charge is 2.11. The van der Waals surface area contributed by atoms with Gasteiger partial charge < -0.3 is 5.11 Å². The van der Waals surface area contributed by atoms with Crippen LogP contribution in [0.5, 0.6) is 0 Å². The van der Waals surface area contributed by atoms with Gasteiger partial charge in [0.1, 0.15) is 0 Å². The van der Waals surface area contributed by atoms with Gasteiger partial charge in [-0.3, -0.25) is 0 Å². The van der Waals surface area contributed by atoms with Crippen LogP contribution in [-0.2, 0) is 0 Å². The van der Waals surface area contributed by atoms with Crippen molar-refractivity contribution in [2.24, 2.45) is 0 Å². The molecule has 0 aromatic heterocycles. The normalized spacial score (nSPS) is 12.2. The zero-order chi connectivity index (χ0) is 16.4. The molecule has 0 amide bonds. The molecule has 1 N–H and O–H groups in total. The molecule has 3 aromatic rings. The molecule has 0 radical (unpaired) electrons. The summed E-state index contributed by atoms with van der Waals surface area (Å²) in [6, 6.07) is 23.4. The fraction of sp³-hybridized carbons (Fsp3) is 0.182. The molecule has 0 spiro atoms. The van der Waals surface area contributed by atoms with Gasteiger partial charge in [0.15, 0.2) is 0 Å². The molecule has 1 nitrogen and oxygen atoms in total. The largest absolute Gasteiger partial charge is 0.389 e. The monoisotopic (exact) mass is 302 g/mol. The van der Waals surface area contributed by atoms with Crippen molar-refractivity contribution >= 4 is 0 Å². The first-order valence-corrected chi connectivity index (χ1v) is 8.00. The van der Waals surface area contributed by atoms with Crippen molar-refractivity contribution in [1.82, 2.24) is 0 Å². The minimum Gasteiger partial charge on any atom is -0.389 e. The quantitative estimate of drug-likeness (QED) is 0.659. The standard InChI is InChI=1S/C22H22O/c1-15-4-8-18(9-5-15)21-13-12-20(17(3)23)14-22(21)19-10-6-16(2)7-11-19/h4-14,17,23H,1-3H3/t17-/m0/s1. The van der Waals surface area contributed by atoms with Gasteiger partial charge in [-0.25, -0.2) is 0 Å². The van der Waals surface area contributed by atoms with Gasteiger partial charge in [-0.15, -0.1) is 0 Å².